The fraction of sp³-hybridized carbons (Fsp3) is 0.818. The number of isocyanates is 1. The lowest BCUT2D eigenvalue weighted by Gasteiger charge is -2.25. The van der Waals surface area contributed by atoms with Gasteiger partial charge in [0.15, 0.2) is 0 Å². The summed E-state index contributed by atoms with van der Waals surface area (Å²) in [6.45, 7) is 1.21. The second-order valence-corrected chi connectivity index (χ2v) is 4.58. The van der Waals surface area contributed by atoms with Crippen LogP contribution in [0.3, 0.4) is 0 Å². The van der Waals surface area contributed by atoms with Gasteiger partial charge in [0.2, 0.25) is 6.08 Å². The van der Waals surface area contributed by atoms with Gasteiger partial charge in [-0.15, -0.1) is 0 Å². The summed E-state index contributed by atoms with van der Waals surface area (Å²) < 4.78 is 4.81. The van der Waals surface area contributed by atoms with Crippen molar-refractivity contribution in [1.29, 1.82) is 5.26 Å². The zero-order chi connectivity index (χ0) is 10.7. The van der Waals surface area contributed by atoms with Crippen molar-refractivity contribution >= 4 is 6.08 Å². The second kappa shape index (κ2) is 4.46. The molecule has 0 N–H and O–H groups in total. The Morgan fingerprint density at radius 2 is 2.00 bits per heavy atom. The van der Waals surface area contributed by atoms with Gasteiger partial charge in [0.05, 0.1) is 6.54 Å². The van der Waals surface area contributed by atoms with Crippen LogP contribution < -0.4 is 0 Å². The average Bonchev–Trinajstić information content (AvgIpc) is 2.82. The predicted octanol–water partition coefficient (Wildman–Crippen LogP) is 1.48. The Morgan fingerprint density at radius 1 is 1.27 bits per heavy atom. The molecule has 0 saturated heterocycles. The van der Waals surface area contributed by atoms with E-state index in [0.29, 0.717) is 36.8 Å². The molecule has 4 unspecified atom stereocenters. The highest BCUT2D eigenvalue weighted by atomic mass is 16.5. The van der Waals surface area contributed by atoms with Crippen molar-refractivity contribution < 1.29 is 9.53 Å². The van der Waals surface area contributed by atoms with E-state index < -0.39 is 0 Å². The Kier molecular flexibility index (Phi) is 3.03. The third-order valence-corrected chi connectivity index (χ3v) is 3.90. The van der Waals surface area contributed by atoms with Crippen LogP contribution >= 0.6 is 0 Å². The van der Waals surface area contributed by atoms with Gasteiger partial charge in [-0.2, -0.15) is 5.26 Å². The Labute approximate surface area is 88.9 Å². The standard InChI is InChI=1S/C11H14N2O2/c12-6-15-5-11-3-8-1-9(11)2-10(8)4-13-7-14/h8-11H,1-5H2. The summed E-state index contributed by atoms with van der Waals surface area (Å²) in [5.41, 5.74) is 0. The number of nitriles is 1. The van der Waals surface area contributed by atoms with E-state index in [4.69, 9.17) is 10.00 Å². The van der Waals surface area contributed by atoms with Crippen molar-refractivity contribution in [3.05, 3.63) is 0 Å². The average molecular weight is 206 g/mol. The molecule has 0 aliphatic heterocycles. The number of hydrogen-bond donors (Lipinski definition) is 0. The highest BCUT2D eigenvalue weighted by molar-refractivity contribution is 5.32. The first-order valence-electron chi connectivity index (χ1n) is 5.39. The SMILES string of the molecule is N#COCC1CC2CC1CC2CN=C=O. The molecule has 0 radical (unpaired) electrons. The minimum absolute atomic E-state index is 0.547. The van der Waals surface area contributed by atoms with Crippen molar-refractivity contribution in [2.45, 2.75) is 19.3 Å². The van der Waals surface area contributed by atoms with Crippen LogP contribution in [0.2, 0.25) is 0 Å². The lowest BCUT2D eigenvalue weighted by Crippen LogP contribution is -2.22. The van der Waals surface area contributed by atoms with Crippen LogP contribution in [0.1, 0.15) is 19.3 Å². The van der Waals surface area contributed by atoms with Gasteiger partial charge in [-0.25, -0.2) is 9.79 Å². The van der Waals surface area contributed by atoms with Gasteiger partial charge in [-0.3, -0.25) is 0 Å². The third-order valence-electron chi connectivity index (χ3n) is 3.90. The van der Waals surface area contributed by atoms with Gasteiger partial charge in [-0.1, -0.05) is 0 Å². The number of aliphatic imine (C=N–C) groups is 1. The highest BCUT2D eigenvalue weighted by Crippen LogP contribution is 2.51. The predicted molar refractivity (Wildman–Crippen MR) is 52.4 cm³/mol. The second-order valence-electron chi connectivity index (χ2n) is 4.58. The van der Waals surface area contributed by atoms with Crippen LogP contribution in [-0.4, -0.2) is 19.2 Å². The molecule has 4 heteroatoms. The minimum atomic E-state index is 0.547. The number of hydrogen-bond acceptors (Lipinski definition) is 4. The van der Waals surface area contributed by atoms with E-state index in [1.54, 1.807) is 12.3 Å². The fourth-order valence-electron chi connectivity index (χ4n) is 3.24. The molecule has 0 spiro atoms. The van der Waals surface area contributed by atoms with Gasteiger partial charge in [-0.05, 0) is 42.9 Å². The minimum Gasteiger partial charge on any atom is -0.427 e. The number of rotatable bonds is 4. The molecule has 2 rings (SSSR count). The molecule has 0 aromatic rings. The number of nitrogens with zero attached hydrogens (tertiary/aromatic N) is 2. The van der Waals surface area contributed by atoms with Crippen LogP contribution in [0, 0.1) is 35.2 Å². The van der Waals surface area contributed by atoms with E-state index in [0.717, 1.165) is 12.8 Å². The zero-order valence-corrected chi connectivity index (χ0v) is 8.56. The first kappa shape index (κ1) is 10.2. The van der Waals surface area contributed by atoms with Crippen LogP contribution in [0.5, 0.6) is 0 Å². The first-order valence-corrected chi connectivity index (χ1v) is 5.39. The van der Waals surface area contributed by atoms with Crippen molar-refractivity contribution in [3.63, 3.8) is 0 Å². The normalized spacial score (nSPS) is 37.0. The van der Waals surface area contributed by atoms with E-state index in [2.05, 4.69) is 4.99 Å². The lowest BCUT2D eigenvalue weighted by molar-refractivity contribution is 0.150. The van der Waals surface area contributed by atoms with Gasteiger partial charge in [0, 0.05) is 0 Å². The smallest absolute Gasteiger partial charge is 0.286 e. The van der Waals surface area contributed by atoms with Crippen LogP contribution in [0.4, 0.5) is 0 Å². The Bertz CT molecular complexity index is 317. The number of ether oxygens (including phenoxy) is 1. The molecule has 80 valence electrons. The summed E-state index contributed by atoms with van der Waals surface area (Å²) in [4.78, 5) is 13.7. The lowest BCUT2D eigenvalue weighted by atomic mass is 9.82. The summed E-state index contributed by atoms with van der Waals surface area (Å²) in [6.07, 6.45) is 6.82. The maximum atomic E-state index is 10.0. The van der Waals surface area contributed by atoms with Gasteiger partial charge >= 0.3 is 0 Å². The van der Waals surface area contributed by atoms with E-state index in [1.165, 1.54) is 6.42 Å². The van der Waals surface area contributed by atoms with Gasteiger partial charge < -0.3 is 4.74 Å². The van der Waals surface area contributed by atoms with E-state index >= 15 is 0 Å². The van der Waals surface area contributed by atoms with Gasteiger partial charge in [0.25, 0.3) is 6.26 Å². The van der Waals surface area contributed by atoms with E-state index in [-0.39, 0.29) is 0 Å². The maximum absolute atomic E-state index is 10.0. The molecule has 0 aromatic heterocycles. The fourth-order valence-corrected chi connectivity index (χ4v) is 3.24. The third kappa shape index (κ3) is 2.03. The van der Waals surface area contributed by atoms with Crippen molar-refractivity contribution in [1.82, 2.24) is 0 Å². The molecule has 4 nitrogen and oxygen atoms in total. The summed E-state index contributed by atoms with van der Waals surface area (Å²) in [5.74, 6) is 2.47. The van der Waals surface area contributed by atoms with Crippen LogP contribution in [-0.2, 0) is 9.53 Å². The molecular formula is C11H14N2O2. The highest BCUT2D eigenvalue weighted by Gasteiger charge is 2.45. The summed E-state index contributed by atoms with van der Waals surface area (Å²) in [7, 11) is 0. The molecule has 2 bridgehead atoms. The largest absolute Gasteiger partial charge is 0.427 e. The molecule has 0 amide bonds. The Hall–Kier alpha value is -1.33. The molecule has 2 aliphatic rings. The number of carbonyl (C=O) groups excluding carboxylic acids is 1. The van der Waals surface area contributed by atoms with E-state index in [1.807, 2.05) is 0 Å². The van der Waals surface area contributed by atoms with Crippen molar-refractivity contribution in [2.75, 3.05) is 13.2 Å². The van der Waals surface area contributed by atoms with E-state index in [9.17, 15) is 4.79 Å². The first-order chi connectivity index (χ1) is 7.35. The monoisotopic (exact) mass is 206 g/mol. The van der Waals surface area contributed by atoms with Crippen LogP contribution in [0.25, 0.3) is 0 Å². The topological polar surface area (TPSA) is 62.4 Å². The molecular weight excluding hydrogens is 192 g/mol. The van der Waals surface area contributed by atoms with Crippen molar-refractivity contribution in [3.8, 4) is 6.26 Å². The summed E-state index contributed by atoms with van der Waals surface area (Å²) in [6, 6.07) is 0. The van der Waals surface area contributed by atoms with Crippen LogP contribution in [0.15, 0.2) is 4.99 Å². The Balaban J connectivity index is 1.83. The molecule has 4 atom stereocenters. The molecule has 15 heavy (non-hydrogen) atoms. The quantitative estimate of drug-likeness (QED) is 0.397. The van der Waals surface area contributed by atoms with Gasteiger partial charge in [0.1, 0.15) is 6.61 Å². The Morgan fingerprint density at radius 3 is 2.60 bits per heavy atom. The van der Waals surface area contributed by atoms with Crippen molar-refractivity contribution in [2.24, 2.45) is 28.7 Å². The number of fused-ring (bicyclic) bond motifs is 2. The maximum Gasteiger partial charge on any atom is 0.286 e. The molecule has 2 fully saturated rings. The zero-order valence-electron chi connectivity index (χ0n) is 8.56. The molecule has 2 saturated carbocycles. The summed E-state index contributed by atoms with van der Waals surface area (Å²) in [5, 5.41) is 8.33. The molecule has 2 aliphatic carbocycles. The summed E-state index contributed by atoms with van der Waals surface area (Å²) >= 11 is 0. The molecule has 0 heterocycles. The molecule has 0 aromatic carbocycles.